The average Bonchev–Trinajstić information content (AvgIpc) is 2.30. The minimum Gasteiger partial charge on any atom is -0.426 e. The molecule has 2 rings (SSSR count). The van der Waals surface area contributed by atoms with Crippen LogP contribution in [-0.2, 0) is 4.79 Å². The minimum absolute atomic E-state index is 0.180. The number of halogens is 1. The van der Waals surface area contributed by atoms with Crippen molar-refractivity contribution in [1.29, 1.82) is 0 Å². The lowest BCUT2D eigenvalue weighted by atomic mass is 9.96. The first-order valence-corrected chi connectivity index (χ1v) is 6.29. The zero-order chi connectivity index (χ0) is 12.1. The Balaban J connectivity index is 1.84. The second kappa shape index (κ2) is 6.03. The van der Waals surface area contributed by atoms with Crippen molar-refractivity contribution >= 4 is 17.6 Å². The SMILES string of the molecule is O=C(CC1CCCNC1)Oc1cccc(Cl)c1. The van der Waals surface area contributed by atoms with E-state index < -0.39 is 0 Å². The third kappa shape index (κ3) is 4.02. The maximum absolute atomic E-state index is 11.7. The largest absolute Gasteiger partial charge is 0.426 e. The molecule has 1 fully saturated rings. The zero-order valence-electron chi connectivity index (χ0n) is 9.62. The van der Waals surface area contributed by atoms with Crippen molar-refractivity contribution in [3.8, 4) is 5.75 Å². The molecule has 1 heterocycles. The van der Waals surface area contributed by atoms with Crippen LogP contribution < -0.4 is 10.1 Å². The zero-order valence-corrected chi connectivity index (χ0v) is 10.4. The van der Waals surface area contributed by atoms with Crippen molar-refractivity contribution in [1.82, 2.24) is 5.32 Å². The third-order valence-corrected chi connectivity index (χ3v) is 3.12. The fourth-order valence-corrected chi connectivity index (χ4v) is 2.22. The first-order chi connectivity index (χ1) is 8.24. The van der Waals surface area contributed by atoms with Crippen LogP contribution in [0.15, 0.2) is 24.3 Å². The Morgan fingerprint density at radius 2 is 2.41 bits per heavy atom. The molecular formula is C13H16ClNO2. The topological polar surface area (TPSA) is 38.3 Å². The van der Waals surface area contributed by atoms with Crippen LogP contribution in [-0.4, -0.2) is 19.1 Å². The molecule has 0 saturated carbocycles. The summed E-state index contributed by atoms with van der Waals surface area (Å²) in [5.74, 6) is 0.739. The number of ether oxygens (including phenoxy) is 1. The molecule has 0 aliphatic carbocycles. The maximum Gasteiger partial charge on any atom is 0.311 e. The molecule has 1 aliphatic heterocycles. The molecule has 1 atom stereocenters. The number of piperidine rings is 1. The summed E-state index contributed by atoms with van der Waals surface area (Å²) in [5, 5.41) is 3.86. The fraction of sp³-hybridized carbons (Fsp3) is 0.462. The van der Waals surface area contributed by atoms with Gasteiger partial charge in [0.2, 0.25) is 0 Å². The van der Waals surface area contributed by atoms with E-state index in [1.165, 1.54) is 0 Å². The quantitative estimate of drug-likeness (QED) is 0.665. The number of benzene rings is 1. The van der Waals surface area contributed by atoms with E-state index in [0.29, 0.717) is 23.1 Å². The van der Waals surface area contributed by atoms with E-state index in [-0.39, 0.29) is 5.97 Å². The highest BCUT2D eigenvalue weighted by atomic mass is 35.5. The van der Waals surface area contributed by atoms with Gasteiger partial charge < -0.3 is 10.1 Å². The van der Waals surface area contributed by atoms with Crippen molar-refractivity contribution < 1.29 is 9.53 Å². The lowest BCUT2D eigenvalue weighted by Crippen LogP contribution is -2.31. The molecule has 0 radical (unpaired) electrons. The van der Waals surface area contributed by atoms with E-state index in [0.717, 1.165) is 25.9 Å². The van der Waals surface area contributed by atoms with E-state index in [1.807, 2.05) is 0 Å². The molecule has 1 saturated heterocycles. The predicted molar refractivity (Wildman–Crippen MR) is 67.3 cm³/mol. The van der Waals surface area contributed by atoms with Crippen molar-refractivity contribution in [3.63, 3.8) is 0 Å². The highest BCUT2D eigenvalue weighted by Gasteiger charge is 2.17. The van der Waals surface area contributed by atoms with E-state index in [9.17, 15) is 4.79 Å². The standard InChI is InChI=1S/C13H16ClNO2/c14-11-4-1-5-12(8-11)17-13(16)7-10-3-2-6-15-9-10/h1,4-5,8,10,15H,2-3,6-7,9H2. The summed E-state index contributed by atoms with van der Waals surface area (Å²) in [5.41, 5.74) is 0. The molecule has 0 bridgehead atoms. The molecule has 1 N–H and O–H groups in total. The van der Waals surface area contributed by atoms with Gasteiger partial charge in [0, 0.05) is 11.4 Å². The smallest absolute Gasteiger partial charge is 0.311 e. The molecule has 1 aliphatic rings. The van der Waals surface area contributed by atoms with Gasteiger partial charge in [-0.3, -0.25) is 4.79 Å². The fourth-order valence-electron chi connectivity index (χ4n) is 2.04. The number of hydrogen-bond acceptors (Lipinski definition) is 3. The van der Waals surface area contributed by atoms with Crippen LogP contribution in [0.2, 0.25) is 5.02 Å². The van der Waals surface area contributed by atoms with Crippen LogP contribution in [0.1, 0.15) is 19.3 Å². The van der Waals surface area contributed by atoms with Crippen molar-refractivity contribution in [2.75, 3.05) is 13.1 Å². The molecule has 1 aromatic carbocycles. The number of esters is 1. The monoisotopic (exact) mass is 253 g/mol. The van der Waals surface area contributed by atoms with Crippen LogP contribution in [0.3, 0.4) is 0 Å². The Labute approximate surface area is 106 Å². The highest BCUT2D eigenvalue weighted by molar-refractivity contribution is 6.30. The normalized spacial score (nSPS) is 19.9. The summed E-state index contributed by atoms with van der Waals surface area (Å²) in [4.78, 5) is 11.7. The summed E-state index contributed by atoms with van der Waals surface area (Å²) < 4.78 is 5.25. The maximum atomic E-state index is 11.7. The Hall–Kier alpha value is -1.06. The molecular weight excluding hydrogens is 238 g/mol. The Kier molecular flexibility index (Phi) is 4.40. The summed E-state index contributed by atoms with van der Waals surface area (Å²) in [6.07, 6.45) is 2.70. The van der Waals surface area contributed by atoms with Gasteiger partial charge in [0.15, 0.2) is 0 Å². The lowest BCUT2D eigenvalue weighted by molar-refractivity contribution is -0.135. The van der Waals surface area contributed by atoms with Crippen molar-refractivity contribution in [3.05, 3.63) is 29.3 Å². The van der Waals surface area contributed by atoms with Gasteiger partial charge in [0.1, 0.15) is 5.75 Å². The van der Waals surface area contributed by atoms with E-state index in [2.05, 4.69) is 5.32 Å². The van der Waals surface area contributed by atoms with Crippen LogP contribution in [0, 0.1) is 5.92 Å². The van der Waals surface area contributed by atoms with Gasteiger partial charge in [-0.25, -0.2) is 0 Å². The van der Waals surface area contributed by atoms with Gasteiger partial charge in [0.25, 0.3) is 0 Å². The molecule has 0 aromatic heterocycles. The van der Waals surface area contributed by atoms with Crippen molar-refractivity contribution in [2.24, 2.45) is 5.92 Å². The van der Waals surface area contributed by atoms with Gasteiger partial charge in [-0.2, -0.15) is 0 Å². The van der Waals surface area contributed by atoms with Crippen LogP contribution in [0.25, 0.3) is 0 Å². The Morgan fingerprint density at radius 3 is 3.12 bits per heavy atom. The predicted octanol–water partition coefficient (Wildman–Crippen LogP) is 2.64. The number of hydrogen-bond donors (Lipinski definition) is 1. The van der Waals surface area contributed by atoms with E-state index in [4.69, 9.17) is 16.3 Å². The summed E-state index contributed by atoms with van der Waals surface area (Å²) >= 11 is 5.82. The molecule has 0 spiro atoms. The van der Waals surface area contributed by atoms with E-state index >= 15 is 0 Å². The second-order valence-corrected chi connectivity index (χ2v) is 4.78. The molecule has 1 unspecified atom stereocenters. The molecule has 17 heavy (non-hydrogen) atoms. The Bertz CT molecular complexity index is 389. The van der Waals surface area contributed by atoms with Gasteiger partial charge >= 0.3 is 5.97 Å². The second-order valence-electron chi connectivity index (χ2n) is 4.35. The van der Waals surface area contributed by atoms with Gasteiger partial charge in [-0.1, -0.05) is 17.7 Å². The first-order valence-electron chi connectivity index (χ1n) is 5.91. The molecule has 3 nitrogen and oxygen atoms in total. The summed E-state index contributed by atoms with van der Waals surface area (Å²) in [6.45, 7) is 1.96. The Morgan fingerprint density at radius 1 is 1.53 bits per heavy atom. The van der Waals surface area contributed by atoms with Crippen molar-refractivity contribution in [2.45, 2.75) is 19.3 Å². The molecule has 1 aromatic rings. The van der Waals surface area contributed by atoms with Gasteiger partial charge in [-0.05, 0) is 50.0 Å². The summed E-state index contributed by atoms with van der Waals surface area (Å²) in [7, 11) is 0. The number of carbonyl (C=O) groups is 1. The van der Waals surface area contributed by atoms with Gasteiger partial charge in [0.05, 0.1) is 0 Å². The van der Waals surface area contributed by atoms with Crippen LogP contribution in [0.5, 0.6) is 5.75 Å². The first kappa shape index (κ1) is 12.4. The number of nitrogens with one attached hydrogen (secondary N) is 1. The third-order valence-electron chi connectivity index (χ3n) is 2.88. The molecule has 92 valence electrons. The van der Waals surface area contributed by atoms with Crippen LogP contribution >= 0.6 is 11.6 Å². The lowest BCUT2D eigenvalue weighted by Gasteiger charge is -2.21. The van der Waals surface area contributed by atoms with Crippen LogP contribution in [0.4, 0.5) is 0 Å². The number of rotatable bonds is 3. The highest BCUT2D eigenvalue weighted by Crippen LogP contribution is 2.19. The minimum atomic E-state index is -0.180. The number of carbonyl (C=O) groups excluding carboxylic acids is 1. The molecule has 4 heteroatoms. The van der Waals surface area contributed by atoms with E-state index in [1.54, 1.807) is 24.3 Å². The molecule has 0 amide bonds. The average molecular weight is 254 g/mol. The van der Waals surface area contributed by atoms with Gasteiger partial charge in [-0.15, -0.1) is 0 Å². The summed E-state index contributed by atoms with van der Waals surface area (Å²) in [6, 6.07) is 6.92.